The van der Waals surface area contributed by atoms with Gasteiger partial charge in [-0.1, -0.05) is 6.07 Å². The zero-order chi connectivity index (χ0) is 20.4. The Labute approximate surface area is 166 Å². The van der Waals surface area contributed by atoms with Gasteiger partial charge in [-0.25, -0.2) is 4.98 Å². The molecule has 2 aromatic carbocycles. The summed E-state index contributed by atoms with van der Waals surface area (Å²) in [4.78, 5) is 8.51. The van der Waals surface area contributed by atoms with Crippen LogP contribution < -0.4 is 25.3 Å². The van der Waals surface area contributed by atoms with Crippen LogP contribution in [0.15, 0.2) is 42.6 Å². The van der Waals surface area contributed by atoms with Crippen molar-refractivity contribution in [1.82, 2.24) is 20.2 Å². The third-order valence-electron chi connectivity index (χ3n) is 4.51. The molecule has 148 valence electrons. The monoisotopic (exact) mass is 392 g/mol. The minimum Gasteiger partial charge on any atom is -0.497 e. The van der Waals surface area contributed by atoms with Crippen molar-refractivity contribution >= 4 is 28.5 Å². The number of aromatic amines is 1. The molecule has 0 saturated heterocycles. The minimum atomic E-state index is 0.151. The maximum absolute atomic E-state index is 5.84. The second-order valence-electron chi connectivity index (χ2n) is 6.17. The van der Waals surface area contributed by atoms with Crippen LogP contribution in [0.25, 0.3) is 22.0 Å². The Kier molecular flexibility index (Phi) is 4.78. The van der Waals surface area contributed by atoms with Gasteiger partial charge >= 0.3 is 0 Å². The van der Waals surface area contributed by atoms with Crippen molar-refractivity contribution in [3.63, 3.8) is 0 Å². The number of H-pyrrole nitrogens is 1. The highest BCUT2D eigenvalue weighted by Crippen LogP contribution is 2.36. The van der Waals surface area contributed by atoms with Crippen molar-refractivity contribution in [2.24, 2.45) is 0 Å². The first-order valence-electron chi connectivity index (χ1n) is 8.77. The van der Waals surface area contributed by atoms with Crippen LogP contribution in [0.3, 0.4) is 0 Å². The first kappa shape index (κ1) is 18.4. The summed E-state index contributed by atoms with van der Waals surface area (Å²) >= 11 is 0. The molecule has 0 aliphatic heterocycles. The molecule has 4 aromatic rings. The van der Waals surface area contributed by atoms with Gasteiger partial charge in [0.05, 0.1) is 26.8 Å². The number of nitrogens with one attached hydrogen (secondary N) is 2. The van der Waals surface area contributed by atoms with E-state index in [-0.39, 0.29) is 5.95 Å². The Morgan fingerprint density at radius 3 is 2.52 bits per heavy atom. The van der Waals surface area contributed by atoms with Crippen molar-refractivity contribution in [2.45, 2.75) is 0 Å². The third kappa shape index (κ3) is 3.45. The van der Waals surface area contributed by atoms with Gasteiger partial charge in [0, 0.05) is 23.2 Å². The maximum atomic E-state index is 5.84. The summed E-state index contributed by atoms with van der Waals surface area (Å²) in [5.74, 6) is 3.26. The molecular weight excluding hydrogens is 372 g/mol. The van der Waals surface area contributed by atoms with Crippen molar-refractivity contribution in [1.29, 1.82) is 0 Å². The second kappa shape index (κ2) is 7.55. The number of anilines is 3. The number of hydrogen-bond acceptors (Lipinski definition) is 8. The highest BCUT2D eigenvalue weighted by Gasteiger charge is 2.15. The fourth-order valence-corrected chi connectivity index (χ4v) is 3.04. The van der Waals surface area contributed by atoms with Crippen LogP contribution >= 0.6 is 0 Å². The lowest BCUT2D eigenvalue weighted by atomic mass is 10.1. The molecule has 0 aliphatic carbocycles. The van der Waals surface area contributed by atoms with E-state index in [4.69, 9.17) is 19.9 Å². The van der Waals surface area contributed by atoms with E-state index >= 15 is 0 Å². The van der Waals surface area contributed by atoms with Crippen LogP contribution in [0, 0.1) is 0 Å². The molecule has 9 heteroatoms. The van der Waals surface area contributed by atoms with Gasteiger partial charge in [0.25, 0.3) is 0 Å². The first-order valence-corrected chi connectivity index (χ1v) is 8.77. The number of methoxy groups -OCH3 is 3. The Morgan fingerprint density at radius 2 is 1.76 bits per heavy atom. The Morgan fingerprint density at radius 1 is 0.931 bits per heavy atom. The van der Waals surface area contributed by atoms with E-state index < -0.39 is 0 Å². The van der Waals surface area contributed by atoms with Gasteiger partial charge in [-0.05, 0) is 29.8 Å². The van der Waals surface area contributed by atoms with E-state index in [0.29, 0.717) is 23.1 Å². The number of hydrogen-bond donors (Lipinski definition) is 3. The number of fused-ring (bicyclic) bond motifs is 1. The normalized spacial score (nSPS) is 10.7. The zero-order valence-corrected chi connectivity index (χ0v) is 16.2. The SMILES string of the molecule is COc1ccc2c(Nc3nc(N)ncc3-c3ccc(OC)c(OC)c3)n[nH]c2c1. The average Bonchev–Trinajstić information content (AvgIpc) is 3.15. The van der Waals surface area contributed by atoms with Crippen LogP contribution in [-0.2, 0) is 0 Å². The maximum Gasteiger partial charge on any atom is 0.221 e. The van der Waals surface area contributed by atoms with Gasteiger partial charge in [0.1, 0.15) is 11.6 Å². The summed E-state index contributed by atoms with van der Waals surface area (Å²) < 4.78 is 16.0. The summed E-state index contributed by atoms with van der Waals surface area (Å²) in [6.07, 6.45) is 1.66. The van der Waals surface area contributed by atoms with Gasteiger partial charge in [0.2, 0.25) is 5.95 Å². The number of benzene rings is 2. The topological polar surface area (TPSA) is 120 Å². The third-order valence-corrected chi connectivity index (χ3v) is 4.51. The standard InChI is InChI=1S/C20H20N6O3/c1-27-12-5-6-13-15(9-12)25-26-19(13)23-18-14(10-22-20(21)24-18)11-4-7-16(28-2)17(8-11)29-3/h4-10H,1-3H3,(H4,21,22,23,24,25,26). The predicted octanol–water partition coefficient (Wildman–Crippen LogP) is 3.37. The lowest BCUT2D eigenvalue weighted by molar-refractivity contribution is 0.355. The van der Waals surface area contributed by atoms with Crippen molar-refractivity contribution in [3.05, 3.63) is 42.6 Å². The average molecular weight is 392 g/mol. The number of nitrogens with zero attached hydrogens (tertiary/aromatic N) is 3. The fraction of sp³-hybridized carbons (Fsp3) is 0.150. The zero-order valence-electron chi connectivity index (χ0n) is 16.2. The number of nitrogens with two attached hydrogens (primary N) is 1. The van der Waals surface area contributed by atoms with E-state index in [1.54, 1.807) is 27.5 Å². The molecule has 0 fully saturated rings. The number of nitrogen functional groups attached to an aromatic ring is 1. The van der Waals surface area contributed by atoms with E-state index in [2.05, 4.69) is 25.5 Å². The molecule has 2 aromatic heterocycles. The summed E-state index contributed by atoms with van der Waals surface area (Å²) in [6.45, 7) is 0. The van der Waals surface area contributed by atoms with Gasteiger partial charge in [0.15, 0.2) is 17.3 Å². The van der Waals surface area contributed by atoms with E-state index in [9.17, 15) is 0 Å². The van der Waals surface area contributed by atoms with Crippen LogP contribution in [0.4, 0.5) is 17.6 Å². The Bertz CT molecular complexity index is 1170. The molecule has 0 radical (unpaired) electrons. The first-order chi connectivity index (χ1) is 14.1. The summed E-state index contributed by atoms with van der Waals surface area (Å²) in [6, 6.07) is 11.2. The smallest absolute Gasteiger partial charge is 0.221 e. The molecule has 0 aliphatic rings. The van der Waals surface area contributed by atoms with Crippen LogP contribution in [0.2, 0.25) is 0 Å². The fourth-order valence-electron chi connectivity index (χ4n) is 3.04. The molecule has 0 unspecified atom stereocenters. The predicted molar refractivity (Wildman–Crippen MR) is 111 cm³/mol. The highest BCUT2D eigenvalue weighted by molar-refractivity contribution is 5.93. The second-order valence-corrected chi connectivity index (χ2v) is 6.17. The lowest BCUT2D eigenvalue weighted by Crippen LogP contribution is -2.03. The van der Waals surface area contributed by atoms with Crippen LogP contribution in [-0.4, -0.2) is 41.5 Å². The lowest BCUT2D eigenvalue weighted by Gasteiger charge is -2.13. The molecule has 2 heterocycles. The van der Waals surface area contributed by atoms with Crippen LogP contribution in [0.1, 0.15) is 0 Å². The van der Waals surface area contributed by atoms with Gasteiger partial charge in [-0.15, -0.1) is 0 Å². The summed E-state index contributed by atoms with van der Waals surface area (Å²) in [5, 5.41) is 11.5. The van der Waals surface area contributed by atoms with Gasteiger partial charge < -0.3 is 25.3 Å². The van der Waals surface area contributed by atoms with Gasteiger partial charge in [-0.2, -0.15) is 10.1 Å². The van der Waals surface area contributed by atoms with Gasteiger partial charge in [-0.3, -0.25) is 5.10 Å². The summed E-state index contributed by atoms with van der Waals surface area (Å²) in [5.41, 5.74) is 8.25. The van der Waals surface area contributed by atoms with Crippen molar-refractivity contribution in [3.8, 4) is 28.4 Å². The molecule has 0 saturated carbocycles. The van der Waals surface area contributed by atoms with Crippen molar-refractivity contribution in [2.75, 3.05) is 32.4 Å². The Hall–Kier alpha value is -4.01. The largest absolute Gasteiger partial charge is 0.497 e. The van der Waals surface area contributed by atoms with Crippen LogP contribution in [0.5, 0.6) is 17.2 Å². The van der Waals surface area contributed by atoms with Crippen molar-refractivity contribution < 1.29 is 14.2 Å². The molecule has 0 atom stereocenters. The Balaban J connectivity index is 1.77. The molecule has 4 rings (SSSR count). The minimum absolute atomic E-state index is 0.151. The molecule has 29 heavy (non-hydrogen) atoms. The highest BCUT2D eigenvalue weighted by atomic mass is 16.5. The number of ether oxygens (including phenoxy) is 3. The molecular formula is C20H20N6O3. The quantitative estimate of drug-likeness (QED) is 0.457. The molecule has 9 nitrogen and oxygen atoms in total. The molecule has 0 bridgehead atoms. The number of rotatable bonds is 6. The molecule has 4 N–H and O–H groups in total. The summed E-state index contributed by atoms with van der Waals surface area (Å²) in [7, 11) is 4.80. The molecule has 0 amide bonds. The van der Waals surface area contributed by atoms with E-state index in [1.807, 2.05) is 36.4 Å². The van der Waals surface area contributed by atoms with E-state index in [0.717, 1.165) is 27.8 Å². The number of aromatic nitrogens is 4. The molecule has 0 spiro atoms. The van der Waals surface area contributed by atoms with E-state index in [1.165, 1.54) is 0 Å².